The topological polar surface area (TPSA) is 124 Å². The third kappa shape index (κ3) is 2.76. The van der Waals surface area contributed by atoms with E-state index in [-0.39, 0.29) is 5.56 Å². The van der Waals surface area contributed by atoms with Crippen molar-refractivity contribution in [1.29, 1.82) is 0 Å². The maximum absolute atomic E-state index is 11.0. The van der Waals surface area contributed by atoms with E-state index < -0.39 is 25.6 Å². The molecule has 0 aromatic heterocycles. The fraction of sp³-hybridized carbons (Fsp3) is 0. The predicted molar refractivity (Wildman–Crippen MR) is 72.8 cm³/mol. The van der Waals surface area contributed by atoms with Crippen LogP contribution >= 0.6 is 0 Å². The van der Waals surface area contributed by atoms with Crippen LogP contribution in [0.1, 0.15) is 0 Å². The second-order valence-corrected chi connectivity index (χ2v) is 5.45. The molecular weight excluding hydrogens is 284 g/mol. The lowest BCUT2D eigenvalue weighted by molar-refractivity contribution is -0.384. The van der Waals surface area contributed by atoms with Gasteiger partial charge in [0, 0.05) is 11.8 Å². The van der Waals surface area contributed by atoms with Crippen molar-refractivity contribution in [3.63, 3.8) is 0 Å². The number of nitrogens with two attached hydrogens (primary N) is 1. The van der Waals surface area contributed by atoms with Crippen LogP contribution in [-0.2, 0) is 10.1 Å². The second-order valence-electron chi connectivity index (χ2n) is 4.03. The number of nitrogen functional groups attached to an aromatic ring is 1. The first-order chi connectivity index (χ1) is 9.29. The number of nitrogens with zero attached hydrogens (tertiary/aromatic N) is 1. The molecule has 8 heteroatoms. The van der Waals surface area contributed by atoms with Crippen molar-refractivity contribution in [2.45, 2.75) is 4.90 Å². The molecule has 0 unspecified atom stereocenters. The number of anilines is 1. The van der Waals surface area contributed by atoms with Crippen LogP contribution in [0.15, 0.2) is 47.4 Å². The molecule has 0 saturated heterocycles. The molecule has 0 saturated carbocycles. The molecule has 2 rings (SSSR count). The average Bonchev–Trinajstić information content (AvgIpc) is 2.38. The Morgan fingerprint density at radius 1 is 1.10 bits per heavy atom. The van der Waals surface area contributed by atoms with E-state index >= 15 is 0 Å². The summed E-state index contributed by atoms with van der Waals surface area (Å²) in [5.41, 5.74) is 6.39. The van der Waals surface area contributed by atoms with Gasteiger partial charge in [0.25, 0.3) is 15.8 Å². The molecule has 104 valence electrons. The van der Waals surface area contributed by atoms with Gasteiger partial charge in [0.1, 0.15) is 4.90 Å². The summed E-state index contributed by atoms with van der Waals surface area (Å²) in [6, 6.07) is 9.53. The molecule has 0 aliphatic carbocycles. The summed E-state index contributed by atoms with van der Waals surface area (Å²) in [7, 11) is -4.49. The van der Waals surface area contributed by atoms with Crippen molar-refractivity contribution < 1.29 is 17.9 Å². The molecule has 0 radical (unpaired) electrons. The summed E-state index contributed by atoms with van der Waals surface area (Å²) in [4.78, 5) is 9.81. The van der Waals surface area contributed by atoms with Crippen molar-refractivity contribution in [2.24, 2.45) is 0 Å². The maximum atomic E-state index is 11.0. The zero-order valence-electron chi connectivity index (χ0n) is 10.1. The molecule has 2 aromatic carbocycles. The molecular formula is C12H10N2O5S. The maximum Gasteiger partial charge on any atom is 0.294 e. The summed E-state index contributed by atoms with van der Waals surface area (Å²) < 4.78 is 31.0. The van der Waals surface area contributed by atoms with Crippen LogP contribution in [0.3, 0.4) is 0 Å². The molecule has 0 aliphatic heterocycles. The molecule has 0 spiro atoms. The van der Waals surface area contributed by atoms with E-state index in [1.54, 1.807) is 24.3 Å². The number of hydrogen-bond acceptors (Lipinski definition) is 5. The fourth-order valence-electron chi connectivity index (χ4n) is 1.73. The van der Waals surface area contributed by atoms with Crippen molar-refractivity contribution >= 4 is 21.5 Å². The lowest BCUT2D eigenvalue weighted by atomic mass is 10.0. The molecule has 0 fully saturated rings. The molecule has 3 N–H and O–H groups in total. The monoisotopic (exact) mass is 294 g/mol. The summed E-state index contributed by atoms with van der Waals surface area (Å²) in [6.07, 6.45) is 0. The summed E-state index contributed by atoms with van der Waals surface area (Å²) >= 11 is 0. The number of hydrogen-bond donors (Lipinski definition) is 2. The molecule has 0 amide bonds. The van der Waals surface area contributed by atoms with Crippen LogP contribution in [-0.4, -0.2) is 17.9 Å². The lowest BCUT2D eigenvalue weighted by Gasteiger charge is -2.05. The van der Waals surface area contributed by atoms with E-state index in [1.165, 1.54) is 6.07 Å². The molecule has 2 aromatic rings. The van der Waals surface area contributed by atoms with Crippen LogP contribution in [0, 0.1) is 10.1 Å². The second kappa shape index (κ2) is 4.91. The molecule has 7 nitrogen and oxygen atoms in total. The van der Waals surface area contributed by atoms with Crippen LogP contribution < -0.4 is 5.73 Å². The smallest absolute Gasteiger partial charge is 0.294 e. The highest BCUT2D eigenvalue weighted by molar-refractivity contribution is 7.85. The normalized spacial score (nSPS) is 11.2. The van der Waals surface area contributed by atoms with Gasteiger partial charge in [-0.1, -0.05) is 12.1 Å². The van der Waals surface area contributed by atoms with Gasteiger partial charge in [-0.3, -0.25) is 14.7 Å². The van der Waals surface area contributed by atoms with Gasteiger partial charge < -0.3 is 5.73 Å². The Kier molecular flexibility index (Phi) is 3.43. The van der Waals surface area contributed by atoms with Gasteiger partial charge in [0.15, 0.2) is 0 Å². The minimum Gasteiger partial charge on any atom is -0.399 e. The van der Waals surface area contributed by atoms with Crippen LogP contribution in [0.25, 0.3) is 11.1 Å². The standard InChI is InChI=1S/C12H10N2O5S/c13-9-3-1-8(2-4-9)11-6-5-10(20(17,18)19)7-12(11)14(15)16/h1-7H,13H2,(H,17,18,19). The number of nitro benzene ring substituents is 1. The SMILES string of the molecule is Nc1ccc(-c2ccc(S(=O)(=O)O)cc2[N+](=O)[O-])cc1. The van der Waals surface area contributed by atoms with Crippen LogP contribution in [0.2, 0.25) is 0 Å². The summed E-state index contributed by atoms with van der Waals surface area (Å²) in [5.74, 6) is 0. The number of nitro groups is 1. The van der Waals surface area contributed by atoms with Crippen molar-refractivity contribution in [1.82, 2.24) is 0 Å². The highest BCUT2D eigenvalue weighted by atomic mass is 32.2. The Morgan fingerprint density at radius 2 is 1.70 bits per heavy atom. The number of rotatable bonds is 3. The van der Waals surface area contributed by atoms with Crippen LogP contribution in [0.5, 0.6) is 0 Å². The van der Waals surface area contributed by atoms with Gasteiger partial charge in [-0.05, 0) is 29.8 Å². The van der Waals surface area contributed by atoms with Crippen molar-refractivity contribution in [2.75, 3.05) is 5.73 Å². The third-order valence-corrected chi connectivity index (χ3v) is 3.54. The third-order valence-electron chi connectivity index (χ3n) is 2.69. The van der Waals surface area contributed by atoms with E-state index in [1.807, 2.05) is 0 Å². The zero-order valence-corrected chi connectivity index (χ0v) is 10.9. The Morgan fingerprint density at radius 3 is 2.20 bits per heavy atom. The molecule has 0 bridgehead atoms. The molecule has 0 aliphatic rings. The Bertz CT molecular complexity index is 769. The molecule has 0 atom stereocenters. The first-order valence-electron chi connectivity index (χ1n) is 5.41. The van der Waals surface area contributed by atoms with E-state index in [0.717, 1.165) is 12.1 Å². The van der Waals surface area contributed by atoms with Crippen LogP contribution in [0.4, 0.5) is 11.4 Å². The van der Waals surface area contributed by atoms with Gasteiger partial charge in [-0.15, -0.1) is 0 Å². The quantitative estimate of drug-likeness (QED) is 0.386. The first kappa shape index (κ1) is 14.0. The largest absolute Gasteiger partial charge is 0.399 e. The van der Waals surface area contributed by atoms with Gasteiger partial charge in [0.05, 0.1) is 10.5 Å². The Balaban J connectivity index is 2.65. The van der Waals surface area contributed by atoms with E-state index in [2.05, 4.69) is 0 Å². The Labute approximate surface area is 114 Å². The zero-order chi connectivity index (χ0) is 14.9. The highest BCUT2D eigenvalue weighted by Gasteiger charge is 2.20. The fourth-order valence-corrected chi connectivity index (χ4v) is 2.23. The first-order valence-corrected chi connectivity index (χ1v) is 6.85. The van der Waals surface area contributed by atoms with Gasteiger partial charge >= 0.3 is 0 Å². The Hall–Kier alpha value is -2.45. The molecule has 0 heterocycles. The van der Waals surface area contributed by atoms with Gasteiger partial charge in [0.2, 0.25) is 0 Å². The van der Waals surface area contributed by atoms with Crippen molar-refractivity contribution in [3.05, 3.63) is 52.6 Å². The highest BCUT2D eigenvalue weighted by Crippen LogP contribution is 2.32. The average molecular weight is 294 g/mol. The summed E-state index contributed by atoms with van der Waals surface area (Å²) in [6.45, 7) is 0. The van der Waals surface area contributed by atoms with E-state index in [0.29, 0.717) is 11.3 Å². The molecule has 20 heavy (non-hydrogen) atoms. The summed E-state index contributed by atoms with van der Waals surface area (Å²) in [5, 5.41) is 11.0. The minimum absolute atomic E-state index is 0.238. The predicted octanol–water partition coefficient (Wildman–Crippen LogP) is 2.09. The number of benzene rings is 2. The van der Waals surface area contributed by atoms with Crippen molar-refractivity contribution in [3.8, 4) is 11.1 Å². The van der Waals surface area contributed by atoms with E-state index in [4.69, 9.17) is 10.3 Å². The minimum atomic E-state index is -4.49. The van der Waals surface area contributed by atoms with Gasteiger partial charge in [-0.2, -0.15) is 8.42 Å². The van der Waals surface area contributed by atoms with Gasteiger partial charge in [-0.25, -0.2) is 0 Å². The van der Waals surface area contributed by atoms with E-state index in [9.17, 15) is 18.5 Å². The lowest BCUT2D eigenvalue weighted by Crippen LogP contribution is -2.00.